The van der Waals surface area contributed by atoms with E-state index in [-0.39, 0.29) is 42.6 Å². The van der Waals surface area contributed by atoms with Crippen LogP contribution in [0.15, 0.2) is 0 Å². The maximum atomic E-state index is 9.55. The van der Waals surface area contributed by atoms with Crippen LogP contribution in [0.5, 0.6) is 0 Å². The van der Waals surface area contributed by atoms with Crippen molar-refractivity contribution in [1.82, 2.24) is 0 Å². The summed E-state index contributed by atoms with van der Waals surface area (Å²) in [6.07, 6.45) is 0. The van der Waals surface area contributed by atoms with E-state index in [1.165, 1.54) is 0 Å². The Morgan fingerprint density at radius 2 is 2.17 bits per heavy atom. The average Bonchev–Trinajstić information content (AvgIpc) is 1.38. The molecule has 0 bridgehead atoms. The molecule has 0 rings (SSSR count). The van der Waals surface area contributed by atoms with Crippen molar-refractivity contribution in [3.8, 4) is 0 Å². The molecule has 0 heterocycles. The number of carbonyl (C=O) groups is 1. The van der Waals surface area contributed by atoms with Gasteiger partial charge in [-0.05, 0) is 0 Å². The van der Waals surface area contributed by atoms with Crippen LogP contribution in [0, 0.1) is 0 Å². The van der Waals surface area contributed by atoms with Gasteiger partial charge >= 0.3 is 29.6 Å². The first-order valence-electron chi connectivity index (χ1n) is 1.19. The minimum absolute atomic E-state index is 0. The van der Waals surface area contributed by atoms with E-state index in [9.17, 15) is 4.79 Å². The Morgan fingerprint density at radius 3 is 2.17 bits per heavy atom. The molecule has 0 aliphatic rings. The van der Waals surface area contributed by atoms with Crippen LogP contribution in [0.4, 0.5) is 0 Å². The van der Waals surface area contributed by atoms with Gasteiger partial charge in [0.15, 0.2) is 5.12 Å². The first-order chi connectivity index (χ1) is 2.27. The molecule has 0 fully saturated rings. The van der Waals surface area contributed by atoms with Gasteiger partial charge in [-0.2, -0.15) is 0 Å². The fourth-order valence-electron chi connectivity index (χ4n) is 0. The van der Waals surface area contributed by atoms with Crippen LogP contribution in [0.1, 0.15) is 1.43 Å². The summed E-state index contributed by atoms with van der Waals surface area (Å²) < 4.78 is 0. The first kappa shape index (κ1) is 10.1. The van der Waals surface area contributed by atoms with Crippen molar-refractivity contribution in [3.63, 3.8) is 0 Å². The van der Waals surface area contributed by atoms with Crippen molar-refractivity contribution in [2.45, 2.75) is 0 Å². The molecule has 0 saturated heterocycles. The molecule has 0 aromatic rings. The molecular weight excluding hydrogens is 109 g/mol. The molecule has 0 aromatic carbocycles. The van der Waals surface area contributed by atoms with Gasteiger partial charge in [-0.1, -0.05) is 0 Å². The number of carbonyl (C=O) groups excluding carboxylic acids is 1. The number of thiol groups is 1. The summed E-state index contributed by atoms with van der Waals surface area (Å²) in [4.78, 5) is 9.55. The Morgan fingerprint density at radius 1 is 2.00 bits per heavy atom. The van der Waals surface area contributed by atoms with E-state index in [2.05, 4.69) is 12.6 Å². The monoisotopic (exact) mass is 115 g/mol. The van der Waals surface area contributed by atoms with Crippen molar-refractivity contribution in [2.75, 3.05) is 6.54 Å². The van der Waals surface area contributed by atoms with Crippen LogP contribution in [0.2, 0.25) is 0 Å². The molecular formula is C2H6NNaOS. The zero-order chi connectivity index (χ0) is 4.28. The Kier molecular flexibility index (Phi) is 10.0. The van der Waals surface area contributed by atoms with Crippen molar-refractivity contribution < 1.29 is 35.8 Å². The average molecular weight is 115 g/mol. The van der Waals surface area contributed by atoms with Crippen molar-refractivity contribution in [2.24, 2.45) is 5.73 Å². The second-order valence-corrected chi connectivity index (χ2v) is 1.10. The maximum absolute atomic E-state index is 9.55. The van der Waals surface area contributed by atoms with E-state index in [0.717, 1.165) is 0 Å². The topological polar surface area (TPSA) is 43.1 Å². The molecule has 6 heavy (non-hydrogen) atoms. The van der Waals surface area contributed by atoms with E-state index in [1.54, 1.807) is 0 Å². The first-order valence-corrected chi connectivity index (χ1v) is 1.64. The molecule has 4 heteroatoms. The normalized spacial score (nSPS) is 6.33. The molecule has 0 unspecified atom stereocenters. The summed E-state index contributed by atoms with van der Waals surface area (Å²) in [5.74, 6) is 0. The van der Waals surface area contributed by atoms with E-state index >= 15 is 0 Å². The third-order valence-electron chi connectivity index (χ3n) is 0.175. The van der Waals surface area contributed by atoms with Gasteiger partial charge in [-0.25, -0.2) is 0 Å². The molecule has 0 saturated carbocycles. The minimum atomic E-state index is -0.273. The zero-order valence-electron chi connectivity index (χ0n) is 4.64. The smallest absolute Gasteiger partial charge is 1.00 e. The van der Waals surface area contributed by atoms with Gasteiger partial charge in [-0.15, -0.1) is 12.6 Å². The van der Waals surface area contributed by atoms with Crippen LogP contribution in [0.25, 0.3) is 0 Å². The van der Waals surface area contributed by atoms with Gasteiger partial charge in [0, 0.05) is 0 Å². The summed E-state index contributed by atoms with van der Waals surface area (Å²) in [6, 6.07) is 0. The third-order valence-corrected chi connectivity index (χ3v) is 0.357. The number of nitrogens with two attached hydrogens (primary N) is 1. The van der Waals surface area contributed by atoms with Crippen LogP contribution in [-0.2, 0) is 4.79 Å². The van der Waals surface area contributed by atoms with Gasteiger partial charge in [0.2, 0.25) is 0 Å². The van der Waals surface area contributed by atoms with E-state index in [4.69, 9.17) is 5.73 Å². The van der Waals surface area contributed by atoms with Gasteiger partial charge in [0.25, 0.3) is 0 Å². The molecule has 0 atom stereocenters. The second kappa shape index (κ2) is 5.98. The standard InChI is InChI=1S/C2H5NOS.Na.H/c3-1-2(4)5;;/h1,3H2,(H,4,5);;/q;+1;-1. The second-order valence-electron chi connectivity index (χ2n) is 0.598. The third kappa shape index (κ3) is 8.88. The van der Waals surface area contributed by atoms with Gasteiger partial charge in [0.1, 0.15) is 0 Å². The van der Waals surface area contributed by atoms with Gasteiger partial charge in [-0.3, -0.25) is 4.79 Å². The minimum Gasteiger partial charge on any atom is -1.00 e. The predicted octanol–water partition coefficient (Wildman–Crippen LogP) is -3.48. The molecule has 2 nitrogen and oxygen atoms in total. The predicted molar refractivity (Wildman–Crippen MR) is 24.2 cm³/mol. The van der Waals surface area contributed by atoms with E-state index in [1.807, 2.05) is 0 Å². The molecule has 0 aliphatic carbocycles. The summed E-state index contributed by atoms with van der Waals surface area (Å²) >= 11 is 3.33. The summed E-state index contributed by atoms with van der Waals surface area (Å²) in [5.41, 5.74) is 4.75. The largest absolute Gasteiger partial charge is 1.00 e. The number of rotatable bonds is 1. The molecule has 0 aliphatic heterocycles. The van der Waals surface area contributed by atoms with Crippen LogP contribution in [0.3, 0.4) is 0 Å². The Labute approximate surface area is 65.7 Å². The quantitative estimate of drug-likeness (QED) is 0.275. The number of hydrogen-bond acceptors (Lipinski definition) is 2. The van der Waals surface area contributed by atoms with Gasteiger partial charge < -0.3 is 7.16 Å². The van der Waals surface area contributed by atoms with Crippen molar-refractivity contribution in [1.29, 1.82) is 0 Å². The summed E-state index contributed by atoms with van der Waals surface area (Å²) in [6.45, 7) is 0.0309. The Balaban J connectivity index is -0.0000000800. The number of hydrogen-bond donors (Lipinski definition) is 2. The zero-order valence-corrected chi connectivity index (χ0v) is 6.53. The summed E-state index contributed by atoms with van der Waals surface area (Å²) in [5, 5.41) is -0.273. The Bertz CT molecular complexity index is 53.0. The Hall–Kier alpha value is 0.980. The molecule has 2 N–H and O–H groups in total. The van der Waals surface area contributed by atoms with Crippen molar-refractivity contribution >= 4 is 17.7 Å². The van der Waals surface area contributed by atoms with Crippen LogP contribution < -0.4 is 35.3 Å². The van der Waals surface area contributed by atoms with Crippen LogP contribution in [-0.4, -0.2) is 11.7 Å². The molecule has 0 spiro atoms. The molecule has 32 valence electrons. The van der Waals surface area contributed by atoms with Crippen LogP contribution >= 0.6 is 12.6 Å². The summed E-state index contributed by atoms with van der Waals surface area (Å²) in [7, 11) is 0. The molecule has 0 amide bonds. The maximum Gasteiger partial charge on any atom is 1.00 e. The molecule has 0 aromatic heterocycles. The molecule has 0 radical (unpaired) electrons. The van der Waals surface area contributed by atoms with Gasteiger partial charge in [0.05, 0.1) is 6.54 Å². The van der Waals surface area contributed by atoms with E-state index < -0.39 is 0 Å². The van der Waals surface area contributed by atoms with E-state index in [0.29, 0.717) is 0 Å². The fraction of sp³-hybridized carbons (Fsp3) is 0.500. The van der Waals surface area contributed by atoms with Crippen molar-refractivity contribution in [3.05, 3.63) is 0 Å². The fourth-order valence-corrected chi connectivity index (χ4v) is 0. The SMILES string of the molecule is NCC(=O)S.[H-].[Na+].